The Kier molecular flexibility index (Phi) is 7.45. The van der Waals surface area contributed by atoms with E-state index in [1.54, 1.807) is 49.5 Å². The summed E-state index contributed by atoms with van der Waals surface area (Å²) >= 11 is 0. The van der Waals surface area contributed by atoms with Crippen LogP contribution < -0.4 is 24.8 Å². The van der Waals surface area contributed by atoms with Crippen LogP contribution >= 0.6 is 0 Å². The van der Waals surface area contributed by atoms with Crippen molar-refractivity contribution in [1.82, 2.24) is 5.32 Å². The molecular formula is C21H24N2O5. The number of anilines is 1. The normalized spacial score (nSPS) is 10.4. The first-order valence-corrected chi connectivity index (χ1v) is 8.59. The van der Waals surface area contributed by atoms with Crippen LogP contribution in [0.15, 0.2) is 42.5 Å². The van der Waals surface area contributed by atoms with E-state index in [0.29, 0.717) is 29.4 Å². The predicted molar refractivity (Wildman–Crippen MR) is 108 cm³/mol. The first-order chi connectivity index (χ1) is 13.5. The summed E-state index contributed by atoms with van der Waals surface area (Å²) in [6.45, 7) is 0. The molecule has 0 fully saturated rings. The van der Waals surface area contributed by atoms with Crippen molar-refractivity contribution in [2.24, 2.45) is 0 Å². The number of hydrogen-bond acceptors (Lipinski definition) is 5. The third-order valence-corrected chi connectivity index (χ3v) is 3.98. The van der Waals surface area contributed by atoms with E-state index in [1.807, 2.05) is 0 Å². The van der Waals surface area contributed by atoms with Crippen molar-refractivity contribution in [3.63, 3.8) is 0 Å². The standard InChI is InChI=1S/C21H24N2O5/c1-22-20(25)13-14-5-8-16(9-6-14)23-19(24)10-7-15-11-17(26-2)21(28-4)18(12-15)27-3/h5-12H,13H2,1-4H3,(H,22,25)(H,23,24)/b10-7+. The Morgan fingerprint density at radius 3 is 2.07 bits per heavy atom. The summed E-state index contributed by atoms with van der Waals surface area (Å²) in [5.74, 6) is 1.16. The fraction of sp³-hybridized carbons (Fsp3) is 0.238. The van der Waals surface area contributed by atoms with E-state index >= 15 is 0 Å². The molecule has 2 aromatic rings. The van der Waals surface area contributed by atoms with Gasteiger partial charge in [-0.15, -0.1) is 0 Å². The third kappa shape index (κ3) is 5.51. The Morgan fingerprint density at radius 2 is 1.57 bits per heavy atom. The molecule has 2 aromatic carbocycles. The lowest BCUT2D eigenvalue weighted by molar-refractivity contribution is -0.120. The number of nitrogens with one attached hydrogen (secondary N) is 2. The average Bonchev–Trinajstić information content (AvgIpc) is 2.72. The van der Waals surface area contributed by atoms with Crippen LogP contribution in [0.3, 0.4) is 0 Å². The first kappa shape index (κ1) is 20.8. The van der Waals surface area contributed by atoms with Crippen LogP contribution in [0.1, 0.15) is 11.1 Å². The lowest BCUT2D eigenvalue weighted by atomic mass is 10.1. The molecule has 0 unspecified atom stereocenters. The van der Waals surface area contributed by atoms with Gasteiger partial charge in [-0.25, -0.2) is 0 Å². The molecule has 2 amide bonds. The largest absolute Gasteiger partial charge is 0.493 e. The SMILES string of the molecule is CNC(=O)Cc1ccc(NC(=O)/C=C/c2cc(OC)c(OC)c(OC)c2)cc1. The van der Waals surface area contributed by atoms with Crippen molar-refractivity contribution in [2.75, 3.05) is 33.7 Å². The van der Waals surface area contributed by atoms with E-state index in [-0.39, 0.29) is 11.8 Å². The molecule has 7 heteroatoms. The minimum atomic E-state index is -0.284. The molecule has 0 aromatic heterocycles. The average molecular weight is 384 g/mol. The summed E-state index contributed by atoms with van der Waals surface area (Å²) in [5.41, 5.74) is 2.23. The number of carbonyl (C=O) groups is 2. The quantitative estimate of drug-likeness (QED) is 0.684. The maximum atomic E-state index is 12.2. The van der Waals surface area contributed by atoms with Gasteiger partial charge in [-0.3, -0.25) is 9.59 Å². The van der Waals surface area contributed by atoms with Gasteiger partial charge in [0.2, 0.25) is 17.6 Å². The second kappa shape index (κ2) is 10.0. The van der Waals surface area contributed by atoms with Gasteiger partial charge >= 0.3 is 0 Å². The predicted octanol–water partition coefficient (Wildman–Crippen LogP) is 2.65. The zero-order valence-corrected chi connectivity index (χ0v) is 16.4. The number of benzene rings is 2. The number of methoxy groups -OCH3 is 3. The van der Waals surface area contributed by atoms with Gasteiger partial charge in [0.05, 0.1) is 27.8 Å². The number of ether oxygens (including phenoxy) is 3. The zero-order chi connectivity index (χ0) is 20.5. The minimum absolute atomic E-state index is 0.0648. The summed E-state index contributed by atoms with van der Waals surface area (Å²) in [6.07, 6.45) is 3.37. The molecule has 28 heavy (non-hydrogen) atoms. The van der Waals surface area contributed by atoms with Crippen LogP contribution in [0.2, 0.25) is 0 Å². The maximum Gasteiger partial charge on any atom is 0.248 e. The van der Waals surface area contributed by atoms with Crippen molar-refractivity contribution in [3.05, 3.63) is 53.6 Å². The van der Waals surface area contributed by atoms with Crippen LogP contribution in [0, 0.1) is 0 Å². The molecule has 0 radical (unpaired) electrons. The Hall–Kier alpha value is -3.48. The maximum absolute atomic E-state index is 12.2. The summed E-state index contributed by atoms with van der Waals surface area (Å²) in [7, 11) is 6.19. The van der Waals surface area contributed by atoms with Crippen LogP contribution in [0.25, 0.3) is 6.08 Å². The molecule has 2 N–H and O–H groups in total. The van der Waals surface area contributed by atoms with Gasteiger partial charge in [-0.2, -0.15) is 0 Å². The van der Waals surface area contributed by atoms with Gasteiger partial charge in [0.25, 0.3) is 0 Å². The number of likely N-dealkylation sites (N-methyl/N-ethyl adjacent to an activating group) is 1. The summed E-state index contributed by atoms with van der Waals surface area (Å²) < 4.78 is 15.9. The van der Waals surface area contributed by atoms with Crippen LogP contribution in [-0.4, -0.2) is 40.2 Å². The van der Waals surface area contributed by atoms with Crippen LogP contribution in [0.5, 0.6) is 17.2 Å². The van der Waals surface area contributed by atoms with Crippen molar-refractivity contribution in [1.29, 1.82) is 0 Å². The smallest absolute Gasteiger partial charge is 0.248 e. The van der Waals surface area contributed by atoms with Crippen LogP contribution in [0.4, 0.5) is 5.69 Å². The summed E-state index contributed by atoms with van der Waals surface area (Å²) in [4.78, 5) is 23.6. The van der Waals surface area contributed by atoms with E-state index in [4.69, 9.17) is 14.2 Å². The van der Waals surface area contributed by atoms with E-state index < -0.39 is 0 Å². The molecule has 0 atom stereocenters. The molecule has 0 saturated heterocycles. The fourth-order valence-corrected chi connectivity index (χ4v) is 2.53. The molecule has 0 aliphatic heterocycles. The third-order valence-electron chi connectivity index (χ3n) is 3.98. The number of rotatable bonds is 8. The van der Waals surface area contributed by atoms with Crippen molar-refractivity contribution in [3.8, 4) is 17.2 Å². The highest BCUT2D eigenvalue weighted by Crippen LogP contribution is 2.38. The first-order valence-electron chi connectivity index (χ1n) is 8.59. The van der Waals surface area contributed by atoms with Crippen molar-refractivity contribution >= 4 is 23.6 Å². The van der Waals surface area contributed by atoms with E-state index in [1.165, 1.54) is 27.4 Å². The van der Waals surface area contributed by atoms with E-state index in [9.17, 15) is 9.59 Å². The van der Waals surface area contributed by atoms with Gasteiger partial charge in [0.1, 0.15) is 0 Å². The van der Waals surface area contributed by atoms with Crippen molar-refractivity contribution in [2.45, 2.75) is 6.42 Å². The highest BCUT2D eigenvalue weighted by molar-refractivity contribution is 6.02. The summed E-state index contributed by atoms with van der Waals surface area (Å²) in [6, 6.07) is 10.6. The molecule has 0 bridgehead atoms. The zero-order valence-electron chi connectivity index (χ0n) is 16.4. The molecule has 148 valence electrons. The Morgan fingerprint density at radius 1 is 0.964 bits per heavy atom. The summed E-state index contributed by atoms with van der Waals surface area (Å²) in [5, 5.41) is 5.35. The number of carbonyl (C=O) groups excluding carboxylic acids is 2. The molecule has 0 aliphatic rings. The molecule has 7 nitrogen and oxygen atoms in total. The Balaban J connectivity index is 2.06. The molecule has 0 heterocycles. The van der Waals surface area contributed by atoms with Crippen LogP contribution in [-0.2, 0) is 16.0 Å². The van der Waals surface area contributed by atoms with Crippen molar-refractivity contribution < 1.29 is 23.8 Å². The molecule has 0 aliphatic carbocycles. The van der Waals surface area contributed by atoms with Gasteiger partial charge in [0, 0.05) is 18.8 Å². The van der Waals surface area contributed by atoms with Gasteiger partial charge in [-0.05, 0) is 41.5 Å². The highest BCUT2D eigenvalue weighted by Gasteiger charge is 2.12. The lowest BCUT2D eigenvalue weighted by Gasteiger charge is -2.12. The molecular weight excluding hydrogens is 360 g/mol. The van der Waals surface area contributed by atoms with E-state index in [2.05, 4.69) is 10.6 Å². The van der Waals surface area contributed by atoms with Gasteiger partial charge < -0.3 is 24.8 Å². The number of hydrogen-bond donors (Lipinski definition) is 2. The minimum Gasteiger partial charge on any atom is -0.493 e. The number of amides is 2. The highest BCUT2D eigenvalue weighted by atomic mass is 16.5. The Labute approximate surface area is 164 Å². The molecule has 0 spiro atoms. The molecule has 2 rings (SSSR count). The second-order valence-corrected chi connectivity index (χ2v) is 5.83. The molecule has 0 saturated carbocycles. The second-order valence-electron chi connectivity index (χ2n) is 5.83. The topological polar surface area (TPSA) is 85.9 Å². The van der Waals surface area contributed by atoms with Gasteiger partial charge in [-0.1, -0.05) is 12.1 Å². The monoisotopic (exact) mass is 384 g/mol. The van der Waals surface area contributed by atoms with Gasteiger partial charge in [0.15, 0.2) is 11.5 Å². The fourth-order valence-electron chi connectivity index (χ4n) is 2.53. The Bertz CT molecular complexity index is 835. The van der Waals surface area contributed by atoms with E-state index in [0.717, 1.165) is 11.1 Å². The lowest BCUT2D eigenvalue weighted by Crippen LogP contribution is -2.19.